The first-order valence-corrected chi connectivity index (χ1v) is 7.63. The number of fused-ring (bicyclic) bond motifs is 3. The topological polar surface area (TPSA) is 29.1 Å². The van der Waals surface area contributed by atoms with Crippen LogP contribution in [0, 0.1) is 5.41 Å². The summed E-state index contributed by atoms with van der Waals surface area (Å²) in [4.78, 5) is 12.2. The molecule has 0 unspecified atom stereocenters. The Hall–Kier alpha value is -1.80. The average molecular weight is 300 g/mol. The Morgan fingerprint density at radius 3 is 2.62 bits per heavy atom. The van der Waals surface area contributed by atoms with E-state index in [0.29, 0.717) is 5.88 Å². The van der Waals surface area contributed by atoms with Gasteiger partial charge in [-0.3, -0.25) is 4.79 Å². The summed E-state index contributed by atoms with van der Waals surface area (Å²) in [5, 5.41) is 2.97. The maximum Gasteiger partial charge on any atom is 0.231 e. The molecule has 0 saturated heterocycles. The zero-order valence-corrected chi connectivity index (χ0v) is 13.0. The van der Waals surface area contributed by atoms with Crippen molar-refractivity contribution in [1.82, 2.24) is 0 Å². The highest BCUT2D eigenvalue weighted by Crippen LogP contribution is 2.37. The molecule has 2 aromatic rings. The third-order valence-electron chi connectivity index (χ3n) is 4.00. The summed E-state index contributed by atoms with van der Waals surface area (Å²) in [6, 6.07) is 14.5. The van der Waals surface area contributed by atoms with Crippen LogP contribution in [0.1, 0.15) is 25.0 Å². The molecule has 3 rings (SSSR count). The molecule has 1 aliphatic rings. The molecule has 1 amide bonds. The molecule has 0 atom stereocenters. The van der Waals surface area contributed by atoms with Crippen LogP contribution in [0.2, 0.25) is 0 Å². The van der Waals surface area contributed by atoms with Crippen molar-refractivity contribution >= 4 is 23.2 Å². The second-order valence-electron chi connectivity index (χ2n) is 6.18. The Labute approximate surface area is 130 Å². The van der Waals surface area contributed by atoms with Gasteiger partial charge in [0.2, 0.25) is 5.91 Å². The maximum absolute atomic E-state index is 12.2. The van der Waals surface area contributed by atoms with Gasteiger partial charge in [-0.15, -0.1) is 11.6 Å². The van der Waals surface area contributed by atoms with Gasteiger partial charge in [0.15, 0.2) is 0 Å². The fourth-order valence-electron chi connectivity index (χ4n) is 2.58. The predicted octanol–water partition coefficient (Wildman–Crippen LogP) is 4.46. The first-order valence-electron chi connectivity index (χ1n) is 7.10. The molecule has 0 aromatic heterocycles. The normalized spacial score (nSPS) is 12.7. The van der Waals surface area contributed by atoms with Crippen LogP contribution >= 0.6 is 11.6 Å². The van der Waals surface area contributed by atoms with Crippen LogP contribution in [0.3, 0.4) is 0 Å². The molecule has 21 heavy (non-hydrogen) atoms. The fraction of sp³-hybridized carbons (Fsp3) is 0.278. The molecule has 1 N–H and O–H groups in total. The highest BCUT2D eigenvalue weighted by atomic mass is 35.5. The van der Waals surface area contributed by atoms with Crippen LogP contribution < -0.4 is 5.32 Å². The number of hydrogen-bond acceptors (Lipinski definition) is 1. The van der Waals surface area contributed by atoms with E-state index in [-0.39, 0.29) is 5.91 Å². The van der Waals surface area contributed by atoms with E-state index >= 15 is 0 Å². The zero-order valence-electron chi connectivity index (χ0n) is 12.2. The van der Waals surface area contributed by atoms with Crippen molar-refractivity contribution in [3.05, 3.63) is 53.6 Å². The van der Waals surface area contributed by atoms with Crippen LogP contribution in [0.4, 0.5) is 5.69 Å². The van der Waals surface area contributed by atoms with E-state index in [9.17, 15) is 4.79 Å². The van der Waals surface area contributed by atoms with Crippen molar-refractivity contribution in [3.63, 3.8) is 0 Å². The zero-order chi connectivity index (χ0) is 15.0. The van der Waals surface area contributed by atoms with Crippen molar-refractivity contribution in [2.45, 2.75) is 20.3 Å². The molecule has 0 spiro atoms. The highest BCUT2D eigenvalue weighted by Gasteiger charge is 2.27. The van der Waals surface area contributed by atoms with Crippen LogP contribution in [0.25, 0.3) is 11.1 Å². The number of hydrogen-bond donors (Lipinski definition) is 1. The van der Waals surface area contributed by atoms with Gasteiger partial charge in [0, 0.05) is 11.6 Å². The summed E-state index contributed by atoms with van der Waals surface area (Å²) in [7, 11) is 0. The number of anilines is 1. The van der Waals surface area contributed by atoms with Gasteiger partial charge in [-0.2, -0.15) is 0 Å². The first-order chi connectivity index (χ1) is 10.0. The largest absolute Gasteiger partial charge is 0.326 e. The molecule has 0 fully saturated rings. The van der Waals surface area contributed by atoms with Gasteiger partial charge in [0.05, 0.1) is 5.41 Å². The Morgan fingerprint density at radius 1 is 1.14 bits per heavy atom. The van der Waals surface area contributed by atoms with Gasteiger partial charge in [0.25, 0.3) is 0 Å². The molecule has 0 bridgehead atoms. The summed E-state index contributed by atoms with van der Waals surface area (Å²) in [6.07, 6.45) is 0.925. The van der Waals surface area contributed by atoms with Gasteiger partial charge in [0.1, 0.15) is 0 Å². The number of carbonyl (C=O) groups is 1. The third kappa shape index (κ3) is 2.56. The lowest BCUT2D eigenvalue weighted by Gasteiger charge is -2.20. The minimum atomic E-state index is -0.566. The van der Waals surface area contributed by atoms with Crippen LogP contribution in [0.5, 0.6) is 0 Å². The van der Waals surface area contributed by atoms with Gasteiger partial charge in [-0.1, -0.05) is 30.3 Å². The number of halogens is 1. The lowest BCUT2D eigenvalue weighted by molar-refractivity contribution is -0.122. The third-order valence-corrected chi connectivity index (χ3v) is 4.67. The second-order valence-corrected chi connectivity index (χ2v) is 6.44. The molecule has 0 heterocycles. The fourth-order valence-corrected chi connectivity index (χ4v) is 2.71. The molecule has 2 nitrogen and oxygen atoms in total. The molecular formula is C18H18ClNO. The Kier molecular flexibility index (Phi) is 3.50. The number of rotatable bonds is 3. The smallest absolute Gasteiger partial charge is 0.231 e. The van der Waals surface area contributed by atoms with Crippen molar-refractivity contribution in [2.75, 3.05) is 11.2 Å². The highest BCUT2D eigenvalue weighted by molar-refractivity contribution is 6.20. The molecular weight excluding hydrogens is 282 g/mol. The van der Waals surface area contributed by atoms with Crippen molar-refractivity contribution < 1.29 is 4.79 Å². The maximum atomic E-state index is 12.2. The van der Waals surface area contributed by atoms with E-state index in [1.54, 1.807) is 0 Å². The monoisotopic (exact) mass is 299 g/mol. The van der Waals surface area contributed by atoms with Crippen LogP contribution in [-0.4, -0.2) is 11.8 Å². The van der Waals surface area contributed by atoms with Gasteiger partial charge in [-0.25, -0.2) is 0 Å². The van der Waals surface area contributed by atoms with Gasteiger partial charge >= 0.3 is 0 Å². The molecule has 3 heteroatoms. The van der Waals surface area contributed by atoms with Gasteiger partial charge in [-0.05, 0) is 54.7 Å². The molecule has 0 saturated carbocycles. The SMILES string of the molecule is CC(C)(CCl)C(=O)Nc1ccc2c(c1)Cc1ccccc1-2. The quantitative estimate of drug-likeness (QED) is 0.711. The number of carbonyl (C=O) groups excluding carboxylic acids is 1. The standard InChI is InChI=1S/C18H18ClNO/c1-18(2,11-19)17(21)20-14-7-8-16-13(10-14)9-12-5-3-4-6-15(12)16/h3-8,10H,9,11H2,1-2H3,(H,20,21). The van der Waals surface area contributed by atoms with E-state index in [2.05, 4.69) is 41.7 Å². The molecule has 1 aliphatic carbocycles. The number of nitrogens with one attached hydrogen (secondary N) is 1. The number of alkyl halides is 1. The Balaban J connectivity index is 1.86. The van der Waals surface area contributed by atoms with Crippen molar-refractivity contribution in [3.8, 4) is 11.1 Å². The van der Waals surface area contributed by atoms with E-state index in [4.69, 9.17) is 11.6 Å². The average Bonchev–Trinajstić information content (AvgIpc) is 2.84. The summed E-state index contributed by atoms with van der Waals surface area (Å²) < 4.78 is 0. The molecule has 0 radical (unpaired) electrons. The van der Waals surface area contributed by atoms with E-state index in [1.165, 1.54) is 22.3 Å². The van der Waals surface area contributed by atoms with Gasteiger partial charge < -0.3 is 5.32 Å². The minimum Gasteiger partial charge on any atom is -0.326 e. The first kappa shape index (κ1) is 14.2. The lowest BCUT2D eigenvalue weighted by atomic mass is 9.95. The molecule has 108 valence electrons. The summed E-state index contributed by atoms with van der Waals surface area (Å²) >= 11 is 5.85. The predicted molar refractivity (Wildman–Crippen MR) is 87.8 cm³/mol. The lowest BCUT2D eigenvalue weighted by Crippen LogP contribution is -2.32. The summed E-state index contributed by atoms with van der Waals surface area (Å²) in [5.74, 6) is 0.253. The van der Waals surface area contributed by atoms with E-state index in [0.717, 1.165) is 12.1 Å². The Bertz CT molecular complexity index is 706. The second kappa shape index (κ2) is 5.19. The Morgan fingerprint density at radius 2 is 1.86 bits per heavy atom. The van der Waals surface area contributed by atoms with Crippen LogP contribution in [0.15, 0.2) is 42.5 Å². The van der Waals surface area contributed by atoms with E-state index in [1.807, 2.05) is 19.9 Å². The van der Waals surface area contributed by atoms with E-state index < -0.39 is 5.41 Å². The number of benzene rings is 2. The summed E-state index contributed by atoms with van der Waals surface area (Å²) in [5.41, 5.74) is 5.44. The van der Waals surface area contributed by atoms with Crippen molar-refractivity contribution in [1.29, 1.82) is 0 Å². The molecule has 2 aromatic carbocycles. The van der Waals surface area contributed by atoms with Crippen LogP contribution in [-0.2, 0) is 11.2 Å². The summed E-state index contributed by atoms with van der Waals surface area (Å²) in [6.45, 7) is 3.69. The number of amides is 1. The molecule has 0 aliphatic heterocycles. The van der Waals surface area contributed by atoms with Crippen molar-refractivity contribution in [2.24, 2.45) is 5.41 Å². The minimum absolute atomic E-state index is 0.0482.